The summed E-state index contributed by atoms with van der Waals surface area (Å²) in [6, 6.07) is 6.15. The van der Waals surface area contributed by atoms with E-state index in [-0.39, 0.29) is 54.0 Å². The third-order valence-corrected chi connectivity index (χ3v) is 14.3. The van der Waals surface area contributed by atoms with Gasteiger partial charge < -0.3 is 9.47 Å². The smallest absolute Gasteiger partial charge is 0.251 e. The molecule has 0 aliphatic heterocycles. The Bertz CT molecular complexity index is 1590. The Labute approximate surface area is 350 Å². The minimum absolute atomic E-state index is 0.00673. The average Bonchev–Trinajstić information content (AvgIpc) is 3.23. The molecule has 2 aromatic rings. The van der Waals surface area contributed by atoms with Crippen molar-refractivity contribution in [3.63, 3.8) is 0 Å². The van der Waals surface area contributed by atoms with Crippen molar-refractivity contribution < 1.29 is 40.2 Å². The summed E-state index contributed by atoms with van der Waals surface area (Å²) in [6.45, 7) is 8.43. The zero-order chi connectivity index (χ0) is 42.5. The molecule has 0 atom stereocenters. The molecule has 9 heteroatoms. The zero-order valence-corrected chi connectivity index (χ0v) is 36.2. The normalized spacial score (nSPS) is 28.1. The van der Waals surface area contributed by atoms with Gasteiger partial charge in [-0.05, 0) is 169 Å². The maximum Gasteiger partial charge on any atom is 0.251 e. The lowest BCUT2D eigenvalue weighted by Crippen LogP contribution is -2.34. The molecule has 4 aliphatic carbocycles. The minimum atomic E-state index is -2.66. The molecule has 0 amide bonds. The van der Waals surface area contributed by atoms with E-state index in [2.05, 4.69) is 13.8 Å². The summed E-state index contributed by atoms with van der Waals surface area (Å²) in [6.07, 6.45) is 20.0. The van der Waals surface area contributed by atoms with E-state index >= 15 is 0 Å². The Morgan fingerprint density at radius 3 is 1.42 bits per heavy atom. The summed E-state index contributed by atoms with van der Waals surface area (Å²) >= 11 is 0. The van der Waals surface area contributed by atoms with Gasteiger partial charge in [0.15, 0.2) is 23.1 Å². The first kappa shape index (κ1) is 47.3. The highest BCUT2D eigenvalue weighted by Gasteiger charge is 2.44. The van der Waals surface area contributed by atoms with Crippen LogP contribution < -0.4 is 9.47 Å². The Hall–Kier alpha value is -2.71. The summed E-state index contributed by atoms with van der Waals surface area (Å²) < 4.78 is 112. The Morgan fingerprint density at radius 1 is 0.559 bits per heavy atom. The van der Waals surface area contributed by atoms with E-state index in [9.17, 15) is 30.7 Å². The van der Waals surface area contributed by atoms with Gasteiger partial charge in [0.1, 0.15) is 0 Å². The van der Waals surface area contributed by atoms with E-state index in [1.54, 1.807) is 26.0 Å². The number of hydrogen-bond acceptors (Lipinski definition) is 2. The van der Waals surface area contributed by atoms with Gasteiger partial charge in [0.25, 0.3) is 5.92 Å². The number of ether oxygens (including phenoxy) is 2. The highest BCUT2D eigenvalue weighted by molar-refractivity contribution is 5.34. The summed E-state index contributed by atoms with van der Waals surface area (Å²) in [5.41, 5.74) is 0.704. The van der Waals surface area contributed by atoms with Crippen molar-refractivity contribution in [1.29, 1.82) is 0 Å². The van der Waals surface area contributed by atoms with Gasteiger partial charge in [0, 0.05) is 18.3 Å². The first-order valence-corrected chi connectivity index (χ1v) is 23.3. The summed E-state index contributed by atoms with van der Waals surface area (Å²) in [5, 5.41) is 0. The molecule has 332 valence electrons. The van der Waals surface area contributed by atoms with Crippen LogP contribution in [-0.2, 0) is 0 Å². The monoisotopic (exact) mass is 837 g/mol. The van der Waals surface area contributed by atoms with E-state index in [1.807, 2.05) is 6.08 Å². The highest BCUT2D eigenvalue weighted by atomic mass is 19.3. The number of allylic oxidation sites excluding steroid dienone is 2. The molecule has 0 aromatic heterocycles. The molecule has 2 nitrogen and oxygen atoms in total. The molecule has 0 bridgehead atoms. The van der Waals surface area contributed by atoms with Crippen LogP contribution in [0.4, 0.5) is 30.7 Å². The van der Waals surface area contributed by atoms with Crippen LogP contribution in [-0.4, -0.2) is 19.1 Å². The van der Waals surface area contributed by atoms with Crippen LogP contribution >= 0.6 is 0 Å². The number of alkyl halides is 2. The van der Waals surface area contributed by atoms with Crippen molar-refractivity contribution in [2.75, 3.05) is 13.2 Å². The Kier molecular flexibility index (Phi) is 18.4. The van der Waals surface area contributed by atoms with E-state index < -0.39 is 35.1 Å². The lowest BCUT2D eigenvalue weighted by molar-refractivity contribution is -0.0937. The van der Waals surface area contributed by atoms with Gasteiger partial charge in [-0.15, -0.1) is 0 Å². The lowest BCUT2D eigenvalue weighted by atomic mass is 9.72. The van der Waals surface area contributed by atoms with Gasteiger partial charge in [-0.2, -0.15) is 8.78 Å². The second-order valence-corrected chi connectivity index (χ2v) is 18.3. The molecule has 0 spiro atoms. The molecule has 2 aromatic carbocycles. The van der Waals surface area contributed by atoms with E-state index in [1.165, 1.54) is 50.7 Å². The fourth-order valence-corrected chi connectivity index (χ4v) is 10.9. The zero-order valence-electron chi connectivity index (χ0n) is 36.2. The maximum absolute atomic E-state index is 15.0. The largest absolute Gasteiger partial charge is 0.491 e. The number of benzene rings is 2. The average molecular weight is 837 g/mol. The Morgan fingerprint density at radius 2 is 0.983 bits per heavy atom. The van der Waals surface area contributed by atoms with Crippen molar-refractivity contribution in [1.82, 2.24) is 0 Å². The van der Waals surface area contributed by atoms with Crippen molar-refractivity contribution in [2.45, 2.75) is 180 Å². The predicted octanol–water partition coefficient (Wildman–Crippen LogP) is 16.4. The maximum atomic E-state index is 15.0. The molecular formula is C50H71F7O2. The molecular weight excluding hydrogens is 766 g/mol. The molecule has 0 N–H and O–H groups in total. The first-order valence-electron chi connectivity index (χ1n) is 23.3. The summed E-state index contributed by atoms with van der Waals surface area (Å²) in [7, 11) is 0. The second kappa shape index (κ2) is 22.9. The fourth-order valence-electron chi connectivity index (χ4n) is 10.9. The lowest BCUT2D eigenvalue weighted by Gasteiger charge is -2.37. The molecule has 4 aliphatic rings. The number of halogens is 7. The van der Waals surface area contributed by atoms with Crippen molar-refractivity contribution in [2.24, 2.45) is 35.5 Å². The SMILES string of the molecule is CCCC1CCC(/C=C(\F)C2CCC(c3ccc(OCC)c(F)c3F)CC2)CC1.CCCC1CCC(CC(F)(F)C2CCC(c3ccc(OCC)c(F)c3F)CC2)CC1. The van der Waals surface area contributed by atoms with Gasteiger partial charge in [0.05, 0.1) is 19.0 Å². The highest BCUT2D eigenvalue weighted by Crippen LogP contribution is 2.48. The van der Waals surface area contributed by atoms with Crippen molar-refractivity contribution in [3.05, 3.63) is 70.6 Å². The van der Waals surface area contributed by atoms with Crippen LogP contribution in [0.25, 0.3) is 0 Å². The van der Waals surface area contributed by atoms with E-state index in [0.29, 0.717) is 75.0 Å². The van der Waals surface area contributed by atoms with Crippen LogP contribution in [0.3, 0.4) is 0 Å². The van der Waals surface area contributed by atoms with Crippen LogP contribution in [0.15, 0.2) is 36.2 Å². The summed E-state index contributed by atoms with van der Waals surface area (Å²) in [5.74, 6) is -5.23. The molecule has 4 saturated carbocycles. The third kappa shape index (κ3) is 12.9. The standard InChI is InChI=1S/C25H36F4O.C25H35F3O/c1-3-5-17-6-8-18(9-7-17)16-25(28,29)20-12-10-19(11-13-20)21-14-15-22(30-4-2)24(27)23(21)26;1-3-5-17-6-8-18(9-7-17)16-22(26)20-12-10-19(11-13-20)21-14-15-23(29-4-2)25(28)24(21)27/h14-15,17-20H,3-13,16H2,1-2H3;14-20H,3-13H2,1-2H3/b;22-16-. The number of rotatable bonds is 15. The molecule has 0 saturated heterocycles. The molecule has 0 heterocycles. The third-order valence-electron chi connectivity index (χ3n) is 14.3. The minimum Gasteiger partial charge on any atom is -0.491 e. The Balaban J connectivity index is 0.000000224. The number of hydrogen-bond donors (Lipinski definition) is 0. The van der Waals surface area contributed by atoms with Gasteiger partial charge in [0.2, 0.25) is 11.6 Å². The summed E-state index contributed by atoms with van der Waals surface area (Å²) in [4.78, 5) is 0. The van der Waals surface area contributed by atoms with Gasteiger partial charge in [-0.25, -0.2) is 22.0 Å². The molecule has 59 heavy (non-hydrogen) atoms. The van der Waals surface area contributed by atoms with E-state index in [0.717, 1.165) is 50.4 Å². The quantitative estimate of drug-likeness (QED) is 0.166. The van der Waals surface area contributed by atoms with Crippen LogP contribution in [0.1, 0.15) is 185 Å². The van der Waals surface area contributed by atoms with Crippen LogP contribution in [0.5, 0.6) is 11.5 Å². The molecule has 6 rings (SSSR count). The van der Waals surface area contributed by atoms with Crippen molar-refractivity contribution >= 4 is 0 Å². The fraction of sp³-hybridized carbons (Fsp3) is 0.720. The molecule has 0 radical (unpaired) electrons. The first-order chi connectivity index (χ1) is 28.4. The van der Waals surface area contributed by atoms with Gasteiger partial charge in [-0.3, -0.25) is 0 Å². The van der Waals surface area contributed by atoms with Crippen LogP contribution in [0.2, 0.25) is 0 Å². The molecule has 0 unspecified atom stereocenters. The van der Waals surface area contributed by atoms with E-state index in [4.69, 9.17) is 9.47 Å². The predicted molar refractivity (Wildman–Crippen MR) is 224 cm³/mol. The molecule has 4 fully saturated rings. The van der Waals surface area contributed by atoms with Crippen LogP contribution in [0, 0.1) is 58.8 Å². The topological polar surface area (TPSA) is 18.5 Å². The van der Waals surface area contributed by atoms with Gasteiger partial charge in [-0.1, -0.05) is 64.5 Å². The van der Waals surface area contributed by atoms with Gasteiger partial charge >= 0.3 is 0 Å². The second-order valence-electron chi connectivity index (χ2n) is 18.3. The van der Waals surface area contributed by atoms with Crippen molar-refractivity contribution in [3.8, 4) is 11.5 Å².